The molecule has 4 saturated heterocycles. The van der Waals surface area contributed by atoms with Crippen LogP contribution in [0.2, 0.25) is 0 Å². The van der Waals surface area contributed by atoms with Gasteiger partial charge in [-0.15, -0.1) is 0 Å². The molecule has 4 aliphatic rings. The number of aliphatic hydroxyl groups is 2. The largest absolute Gasteiger partial charge is 0.497 e. The quantitative estimate of drug-likeness (QED) is 0.271. The van der Waals surface area contributed by atoms with Crippen LogP contribution in [0.15, 0.2) is 78.9 Å². The van der Waals surface area contributed by atoms with Crippen LogP contribution in [0.5, 0.6) is 11.5 Å². The third kappa shape index (κ3) is 12.2. The Bertz CT molecular complexity index is 1680. The second-order valence-corrected chi connectivity index (χ2v) is 14.4. The summed E-state index contributed by atoms with van der Waals surface area (Å²) < 4.78 is 50.0. The maximum absolute atomic E-state index is 12.4. The van der Waals surface area contributed by atoms with Crippen LogP contribution >= 0.6 is 0 Å². The first-order chi connectivity index (χ1) is 28.1. The Labute approximate surface area is 340 Å². The lowest BCUT2D eigenvalue weighted by molar-refractivity contribution is -0.291. The van der Waals surface area contributed by atoms with E-state index in [9.17, 15) is 14.7 Å². The fourth-order valence-corrected chi connectivity index (χ4v) is 7.28. The summed E-state index contributed by atoms with van der Waals surface area (Å²) >= 11 is 0. The zero-order chi connectivity index (χ0) is 41.5. The van der Waals surface area contributed by atoms with Gasteiger partial charge in [-0.05, 0) is 47.9 Å². The van der Waals surface area contributed by atoms with Gasteiger partial charge in [0.05, 0.1) is 74.6 Å². The van der Waals surface area contributed by atoms with Crippen LogP contribution in [0.25, 0.3) is 0 Å². The van der Waals surface area contributed by atoms with Crippen LogP contribution in [0.3, 0.4) is 0 Å². The van der Waals surface area contributed by atoms with E-state index in [1.165, 1.54) is 14.2 Å². The van der Waals surface area contributed by atoms with Gasteiger partial charge in [-0.1, -0.05) is 54.6 Å². The van der Waals surface area contributed by atoms with Crippen molar-refractivity contribution < 1.29 is 62.4 Å². The van der Waals surface area contributed by atoms with Gasteiger partial charge in [0, 0.05) is 32.5 Å². The van der Waals surface area contributed by atoms with E-state index in [1.54, 1.807) is 21.1 Å². The van der Waals surface area contributed by atoms with E-state index in [2.05, 4.69) is 4.90 Å². The van der Waals surface area contributed by atoms with Crippen LogP contribution in [0.4, 0.5) is 0 Å². The fourth-order valence-electron chi connectivity index (χ4n) is 7.28. The zero-order valence-electron chi connectivity index (χ0n) is 34.1. The number of carbonyl (C=O) groups is 2. The zero-order valence-corrected chi connectivity index (χ0v) is 34.1. The van der Waals surface area contributed by atoms with Crippen molar-refractivity contribution in [1.82, 2.24) is 9.80 Å². The molecule has 2 spiro atoms. The molecule has 0 radical (unpaired) electrons. The van der Waals surface area contributed by atoms with E-state index >= 15 is 0 Å². The topological polar surface area (TPSA) is 164 Å². The van der Waals surface area contributed by atoms with Crippen molar-refractivity contribution in [1.29, 1.82) is 0 Å². The van der Waals surface area contributed by atoms with Crippen LogP contribution in [-0.4, -0.2) is 142 Å². The number of ether oxygens (including phenoxy) is 9. The molecule has 4 heterocycles. The lowest BCUT2D eigenvalue weighted by Gasteiger charge is -2.37. The number of esters is 2. The Morgan fingerprint density at radius 1 is 0.655 bits per heavy atom. The smallest absolute Gasteiger partial charge is 0.323 e. The molecule has 7 rings (SSSR count). The van der Waals surface area contributed by atoms with Crippen molar-refractivity contribution in [2.75, 3.05) is 74.6 Å². The summed E-state index contributed by atoms with van der Waals surface area (Å²) in [7, 11) is 6.06. The van der Waals surface area contributed by atoms with Crippen molar-refractivity contribution in [3.8, 4) is 11.5 Å². The first kappa shape index (κ1) is 44.9. The Kier molecular flexibility index (Phi) is 16.8. The molecule has 15 nitrogen and oxygen atoms in total. The lowest BCUT2D eigenvalue weighted by atomic mass is 10.1. The summed E-state index contributed by atoms with van der Waals surface area (Å²) in [5, 5.41) is 17.1. The molecular weight excluding hydrogens is 752 g/mol. The molecule has 0 bridgehead atoms. The van der Waals surface area contributed by atoms with Gasteiger partial charge >= 0.3 is 11.9 Å². The van der Waals surface area contributed by atoms with Crippen LogP contribution in [0, 0.1) is 0 Å². The van der Waals surface area contributed by atoms with Crippen molar-refractivity contribution in [2.45, 2.75) is 75.3 Å². The molecule has 2 atom stereocenters. The summed E-state index contributed by atoms with van der Waals surface area (Å²) in [6, 6.07) is 24.7. The Morgan fingerprint density at radius 3 is 1.47 bits per heavy atom. The van der Waals surface area contributed by atoms with Crippen molar-refractivity contribution in [3.63, 3.8) is 0 Å². The maximum Gasteiger partial charge on any atom is 0.323 e. The Morgan fingerprint density at radius 2 is 1.07 bits per heavy atom. The van der Waals surface area contributed by atoms with Crippen LogP contribution < -0.4 is 9.47 Å². The van der Waals surface area contributed by atoms with Gasteiger partial charge in [-0.25, -0.2) is 0 Å². The highest BCUT2D eigenvalue weighted by Crippen LogP contribution is 2.37. The van der Waals surface area contributed by atoms with Crippen LogP contribution in [0.1, 0.15) is 36.5 Å². The Balaban J connectivity index is 0.000000213. The molecular formula is C43H58N2O13. The van der Waals surface area contributed by atoms with E-state index in [4.69, 9.17) is 47.7 Å². The molecule has 3 aromatic rings. The number of hydrogen-bond donors (Lipinski definition) is 2. The van der Waals surface area contributed by atoms with E-state index < -0.39 is 29.8 Å². The summed E-state index contributed by atoms with van der Waals surface area (Å²) in [5.74, 6) is -0.679. The number of hydrogen-bond acceptors (Lipinski definition) is 15. The summed E-state index contributed by atoms with van der Waals surface area (Å²) in [6.07, 6.45) is 0.0601. The Hall–Kier alpha value is -4.16. The second-order valence-electron chi connectivity index (χ2n) is 14.4. The average Bonchev–Trinajstić information content (AvgIpc) is 3.79. The van der Waals surface area contributed by atoms with Gasteiger partial charge in [0.1, 0.15) is 35.8 Å². The predicted molar refractivity (Wildman–Crippen MR) is 211 cm³/mol. The van der Waals surface area contributed by atoms with Gasteiger partial charge in [-0.3, -0.25) is 19.4 Å². The minimum Gasteiger partial charge on any atom is -0.497 e. The third-order valence-electron chi connectivity index (χ3n) is 10.3. The molecule has 0 aromatic heterocycles. The van der Waals surface area contributed by atoms with E-state index in [0.717, 1.165) is 28.2 Å². The number of rotatable bonds is 11. The number of benzene rings is 3. The number of aliphatic hydroxyl groups excluding tert-OH is 2. The maximum atomic E-state index is 12.4. The molecule has 15 heteroatoms. The average molecular weight is 811 g/mol. The van der Waals surface area contributed by atoms with Gasteiger partial charge < -0.3 is 52.8 Å². The molecule has 3 aromatic carbocycles. The molecule has 4 fully saturated rings. The normalized spacial score (nSPS) is 26.9. The minimum atomic E-state index is -0.857. The fraction of sp³-hybridized carbons (Fsp3) is 0.535. The van der Waals surface area contributed by atoms with Crippen molar-refractivity contribution in [2.24, 2.45) is 0 Å². The van der Waals surface area contributed by atoms with E-state index in [-0.39, 0.29) is 37.9 Å². The van der Waals surface area contributed by atoms with Crippen molar-refractivity contribution >= 4 is 11.9 Å². The first-order valence-corrected chi connectivity index (χ1v) is 19.5. The molecule has 58 heavy (non-hydrogen) atoms. The summed E-state index contributed by atoms with van der Waals surface area (Å²) in [5.41, 5.74) is 3.24. The predicted octanol–water partition coefficient (Wildman–Crippen LogP) is 3.32. The molecule has 4 aliphatic heterocycles. The summed E-state index contributed by atoms with van der Waals surface area (Å²) in [4.78, 5) is 28.7. The monoisotopic (exact) mass is 810 g/mol. The van der Waals surface area contributed by atoms with E-state index in [1.807, 2.05) is 83.8 Å². The minimum absolute atomic E-state index is 0.141. The van der Waals surface area contributed by atoms with E-state index in [0.29, 0.717) is 58.8 Å². The molecule has 2 N–H and O–H groups in total. The highest BCUT2D eigenvalue weighted by molar-refractivity contribution is 5.76. The molecule has 318 valence electrons. The first-order valence-electron chi connectivity index (χ1n) is 19.5. The van der Waals surface area contributed by atoms with Crippen molar-refractivity contribution in [3.05, 3.63) is 95.6 Å². The van der Waals surface area contributed by atoms with Gasteiger partial charge in [0.2, 0.25) is 0 Å². The van der Waals surface area contributed by atoms with Crippen LogP contribution in [-0.2, 0) is 62.4 Å². The van der Waals surface area contributed by atoms with Gasteiger partial charge in [0.25, 0.3) is 0 Å². The number of carbonyl (C=O) groups excluding carboxylic acids is 2. The number of methoxy groups -OCH3 is 4. The molecule has 0 aliphatic carbocycles. The van der Waals surface area contributed by atoms with Gasteiger partial charge in [-0.2, -0.15) is 0 Å². The molecule has 0 saturated carbocycles. The molecule has 0 unspecified atom stereocenters. The summed E-state index contributed by atoms with van der Waals surface area (Å²) in [6.45, 7) is 5.82. The lowest BCUT2D eigenvalue weighted by Crippen LogP contribution is -2.48. The highest BCUT2D eigenvalue weighted by Gasteiger charge is 2.52. The standard InChI is InChI=1S/C24H29NO6.C17H23NO6.C2H6O/c1-27-20-10-8-18(9-11-20)13-25-17-24(12-22(25)23(26)28-2)30-15-21(16-31-24)29-14-19-6-4-3-5-7-19;1-21-14-5-3-12(4-6-14)8-18-11-17(7-15(18)16(20)22-2)23-9-13(19)10-24-17;1-2-3/h3-11,21-22H,12-17H2,1-2H3;3-6,13,15,19H,7-11H2,1-2H3;3H,2H2,1H3/t21?,22-,24?;13?,15-,17?;/m11./s1. The highest BCUT2D eigenvalue weighted by atomic mass is 16.7. The number of nitrogens with zero attached hydrogens (tertiary/aromatic N) is 2. The molecule has 0 amide bonds. The number of likely N-dealkylation sites (tertiary alicyclic amines) is 2. The van der Waals surface area contributed by atoms with Gasteiger partial charge in [0.15, 0.2) is 11.6 Å². The second kappa shape index (κ2) is 21.7. The third-order valence-corrected chi connectivity index (χ3v) is 10.3. The SMILES string of the molecule is CCO.COC(=O)[C@H]1CC2(CN1Cc1ccc(OC)cc1)OCC(O)CO2.COC(=O)[C@H]1CC2(CN1Cc1ccc(OC)cc1)OCC(OCc1ccccc1)CO2.